The second-order valence-electron chi connectivity index (χ2n) is 6.40. The molecule has 4 N–H and O–H groups in total. The van der Waals surface area contributed by atoms with Crippen LogP contribution in [0, 0.1) is 5.92 Å². The lowest BCUT2D eigenvalue weighted by Gasteiger charge is -2.38. The third-order valence-corrected chi connectivity index (χ3v) is 4.91. The van der Waals surface area contributed by atoms with E-state index in [9.17, 15) is 9.90 Å². The predicted molar refractivity (Wildman–Crippen MR) is 75.6 cm³/mol. The van der Waals surface area contributed by atoms with Gasteiger partial charge in [0, 0.05) is 6.04 Å². The lowest BCUT2D eigenvalue weighted by Crippen LogP contribution is -2.56. The van der Waals surface area contributed by atoms with Gasteiger partial charge in [-0.05, 0) is 25.7 Å². The van der Waals surface area contributed by atoms with Crippen molar-refractivity contribution < 1.29 is 9.90 Å². The van der Waals surface area contributed by atoms with Gasteiger partial charge in [-0.25, -0.2) is 0 Å². The number of hydrogen-bond donors (Lipinski definition) is 3. The Morgan fingerprint density at radius 3 is 2.42 bits per heavy atom. The van der Waals surface area contributed by atoms with Crippen molar-refractivity contribution in [2.45, 2.75) is 75.8 Å². The summed E-state index contributed by atoms with van der Waals surface area (Å²) in [5.41, 5.74) is 5.77. The first-order chi connectivity index (χ1) is 9.17. The maximum Gasteiger partial charge on any atom is 0.225 e. The number of aliphatic hydroxyl groups excluding tert-OH is 1. The quantitative estimate of drug-likeness (QED) is 0.682. The number of nitrogens with one attached hydrogen (secondary N) is 1. The number of carbonyl (C=O) groups excluding carboxylic acids is 1. The minimum Gasteiger partial charge on any atom is -0.394 e. The first-order valence-electron chi connectivity index (χ1n) is 7.85. The van der Waals surface area contributed by atoms with Crippen LogP contribution in [0.1, 0.15) is 64.2 Å². The molecule has 0 saturated heterocycles. The van der Waals surface area contributed by atoms with Crippen LogP contribution in [0.25, 0.3) is 0 Å². The molecule has 0 spiro atoms. The standard InChI is InChI=1S/C15H28N2O2/c16-13-8-4-1-3-7-12(13)14(19)17-15(11-18)9-5-2-6-10-15/h12-13,18H,1-11,16H2,(H,17,19). The molecular formula is C15H28N2O2. The van der Waals surface area contributed by atoms with Crippen LogP contribution in [0.4, 0.5) is 0 Å². The number of hydrogen-bond acceptors (Lipinski definition) is 3. The number of amides is 1. The molecule has 0 aromatic rings. The van der Waals surface area contributed by atoms with E-state index in [0.29, 0.717) is 0 Å². The largest absolute Gasteiger partial charge is 0.394 e. The summed E-state index contributed by atoms with van der Waals surface area (Å²) in [6.07, 6.45) is 10.5. The molecular weight excluding hydrogens is 240 g/mol. The molecule has 2 rings (SSSR count). The van der Waals surface area contributed by atoms with Crippen molar-refractivity contribution in [3.8, 4) is 0 Å². The normalized spacial score (nSPS) is 31.5. The summed E-state index contributed by atoms with van der Waals surface area (Å²) in [7, 11) is 0. The van der Waals surface area contributed by atoms with Gasteiger partial charge in [-0.15, -0.1) is 0 Å². The second kappa shape index (κ2) is 6.71. The van der Waals surface area contributed by atoms with Crippen molar-refractivity contribution in [3.63, 3.8) is 0 Å². The molecule has 0 heterocycles. The molecule has 2 fully saturated rings. The van der Waals surface area contributed by atoms with Crippen molar-refractivity contribution in [1.82, 2.24) is 5.32 Å². The molecule has 2 aliphatic rings. The van der Waals surface area contributed by atoms with Crippen molar-refractivity contribution in [1.29, 1.82) is 0 Å². The molecule has 0 radical (unpaired) electrons. The molecule has 2 saturated carbocycles. The highest BCUT2D eigenvalue weighted by atomic mass is 16.3. The van der Waals surface area contributed by atoms with E-state index in [1.54, 1.807) is 0 Å². The van der Waals surface area contributed by atoms with Crippen LogP contribution in [-0.2, 0) is 4.79 Å². The predicted octanol–water partition coefficient (Wildman–Crippen LogP) is 1.71. The molecule has 4 nitrogen and oxygen atoms in total. The number of nitrogens with two attached hydrogens (primary N) is 1. The first kappa shape index (κ1) is 14.8. The minimum atomic E-state index is -0.374. The molecule has 0 aromatic heterocycles. The van der Waals surface area contributed by atoms with Crippen LogP contribution in [0.5, 0.6) is 0 Å². The Morgan fingerprint density at radius 2 is 1.74 bits per heavy atom. The van der Waals surface area contributed by atoms with Crippen LogP contribution < -0.4 is 11.1 Å². The number of aliphatic hydroxyl groups is 1. The molecule has 2 atom stereocenters. The molecule has 0 aromatic carbocycles. The van der Waals surface area contributed by atoms with E-state index in [1.807, 2.05) is 0 Å². The van der Waals surface area contributed by atoms with Gasteiger partial charge < -0.3 is 16.2 Å². The monoisotopic (exact) mass is 268 g/mol. The molecule has 2 unspecified atom stereocenters. The van der Waals surface area contributed by atoms with Gasteiger partial charge in [-0.3, -0.25) is 4.79 Å². The fourth-order valence-corrected chi connectivity index (χ4v) is 3.57. The Kier molecular flexibility index (Phi) is 5.22. The number of rotatable bonds is 3. The fraction of sp³-hybridized carbons (Fsp3) is 0.933. The fourth-order valence-electron chi connectivity index (χ4n) is 3.57. The maximum atomic E-state index is 12.5. The van der Waals surface area contributed by atoms with Gasteiger partial charge in [0.25, 0.3) is 0 Å². The van der Waals surface area contributed by atoms with E-state index < -0.39 is 0 Å². The van der Waals surface area contributed by atoms with E-state index >= 15 is 0 Å². The van der Waals surface area contributed by atoms with Gasteiger partial charge >= 0.3 is 0 Å². The van der Waals surface area contributed by atoms with E-state index in [2.05, 4.69) is 5.32 Å². The highest BCUT2D eigenvalue weighted by Gasteiger charge is 2.36. The second-order valence-corrected chi connectivity index (χ2v) is 6.40. The smallest absolute Gasteiger partial charge is 0.225 e. The van der Waals surface area contributed by atoms with Crippen molar-refractivity contribution in [2.24, 2.45) is 11.7 Å². The summed E-state index contributed by atoms with van der Waals surface area (Å²) < 4.78 is 0. The van der Waals surface area contributed by atoms with Crippen LogP contribution in [0.15, 0.2) is 0 Å². The summed E-state index contributed by atoms with van der Waals surface area (Å²) >= 11 is 0. The van der Waals surface area contributed by atoms with E-state index in [4.69, 9.17) is 5.73 Å². The zero-order valence-corrected chi connectivity index (χ0v) is 11.9. The summed E-state index contributed by atoms with van der Waals surface area (Å²) in [4.78, 5) is 12.5. The molecule has 110 valence electrons. The van der Waals surface area contributed by atoms with Gasteiger partial charge in [0.05, 0.1) is 18.1 Å². The summed E-state index contributed by atoms with van der Waals surface area (Å²) in [6.45, 7) is 0.0562. The molecule has 0 aliphatic heterocycles. The van der Waals surface area contributed by atoms with Crippen LogP contribution in [0.3, 0.4) is 0 Å². The average Bonchev–Trinajstić information content (AvgIpc) is 2.64. The third kappa shape index (κ3) is 3.69. The van der Waals surface area contributed by atoms with E-state index in [1.165, 1.54) is 12.8 Å². The van der Waals surface area contributed by atoms with Crippen molar-refractivity contribution in [2.75, 3.05) is 6.61 Å². The first-order valence-corrected chi connectivity index (χ1v) is 7.85. The summed E-state index contributed by atoms with van der Waals surface area (Å²) in [5.74, 6) is 0.0122. The van der Waals surface area contributed by atoms with E-state index in [0.717, 1.165) is 51.4 Å². The van der Waals surface area contributed by atoms with Gasteiger partial charge in [0.15, 0.2) is 0 Å². The van der Waals surface area contributed by atoms with Crippen LogP contribution in [-0.4, -0.2) is 29.2 Å². The molecule has 4 heteroatoms. The van der Waals surface area contributed by atoms with Gasteiger partial charge in [0.1, 0.15) is 0 Å². The Morgan fingerprint density at radius 1 is 1.11 bits per heavy atom. The van der Waals surface area contributed by atoms with Gasteiger partial charge in [0.2, 0.25) is 5.91 Å². The zero-order valence-electron chi connectivity index (χ0n) is 11.9. The van der Waals surface area contributed by atoms with Crippen molar-refractivity contribution >= 4 is 5.91 Å². The van der Waals surface area contributed by atoms with Gasteiger partial charge in [-0.1, -0.05) is 38.5 Å². The highest BCUT2D eigenvalue weighted by Crippen LogP contribution is 2.29. The highest BCUT2D eigenvalue weighted by molar-refractivity contribution is 5.80. The van der Waals surface area contributed by atoms with Crippen LogP contribution in [0.2, 0.25) is 0 Å². The summed E-state index contributed by atoms with van der Waals surface area (Å²) in [5, 5.41) is 12.8. The topological polar surface area (TPSA) is 75.4 Å². The Balaban J connectivity index is 1.97. The summed E-state index contributed by atoms with van der Waals surface area (Å²) in [6, 6.07) is -0.0122. The maximum absolute atomic E-state index is 12.5. The SMILES string of the molecule is NC1CCCCCC1C(=O)NC1(CO)CCCCC1. The molecule has 1 amide bonds. The Labute approximate surface area is 116 Å². The zero-order chi connectivity index (χ0) is 13.7. The Bertz CT molecular complexity index is 301. The number of carbonyl (C=O) groups is 1. The minimum absolute atomic E-state index is 0.0122. The molecule has 19 heavy (non-hydrogen) atoms. The van der Waals surface area contributed by atoms with Crippen LogP contribution >= 0.6 is 0 Å². The van der Waals surface area contributed by atoms with Crippen molar-refractivity contribution in [3.05, 3.63) is 0 Å². The molecule has 0 bridgehead atoms. The van der Waals surface area contributed by atoms with E-state index in [-0.39, 0.29) is 30.0 Å². The molecule has 2 aliphatic carbocycles. The Hall–Kier alpha value is -0.610. The average molecular weight is 268 g/mol. The van der Waals surface area contributed by atoms with Gasteiger partial charge in [-0.2, -0.15) is 0 Å². The lowest BCUT2D eigenvalue weighted by molar-refractivity contribution is -0.129. The third-order valence-electron chi connectivity index (χ3n) is 4.91. The lowest BCUT2D eigenvalue weighted by atomic mass is 9.81.